The SMILES string of the molecule is O=C(Cc1ccc(Br)cn1)c1ccc2c(c1)CNCC2. The van der Waals surface area contributed by atoms with Gasteiger partial charge in [0, 0.05) is 28.5 Å². The van der Waals surface area contributed by atoms with Crippen LogP contribution in [-0.4, -0.2) is 17.3 Å². The normalized spacial score (nSPS) is 13.8. The van der Waals surface area contributed by atoms with E-state index in [0.717, 1.165) is 35.2 Å². The Morgan fingerprint density at radius 2 is 2.15 bits per heavy atom. The van der Waals surface area contributed by atoms with Crippen LogP contribution in [-0.2, 0) is 19.4 Å². The van der Waals surface area contributed by atoms with E-state index in [4.69, 9.17) is 0 Å². The number of hydrogen-bond acceptors (Lipinski definition) is 3. The number of carbonyl (C=O) groups excluding carboxylic acids is 1. The van der Waals surface area contributed by atoms with E-state index >= 15 is 0 Å². The lowest BCUT2D eigenvalue weighted by Gasteiger charge is -2.17. The fraction of sp³-hybridized carbons (Fsp3) is 0.250. The monoisotopic (exact) mass is 330 g/mol. The molecule has 0 atom stereocenters. The van der Waals surface area contributed by atoms with Gasteiger partial charge in [0.25, 0.3) is 0 Å². The van der Waals surface area contributed by atoms with E-state index in [1.807, 2.05) is 24.3 Å². The highest BCUT2D eigenvalue weighted by Gasteiger charge is 2.13. The minimum absolute atomic E-state index is 0.119. The van der Waals surface area contributed by atoms with Crippen LogP contribution in [0.4, 0.5) is 0 Å². The summed E-state index contributed by atoms with van der Waals surface area (Å²) in [4.78, 5) is 16.6. The van der Waals surface area contributed by atoms with Gasteiger partial charge >= 0.3 is 0 Å². The number of halogens is 1. The third kappa shape index (κ3) is 2.97. The summed E-state index contributed by atoms with van der Waals surface area (Å²) in [5.41, 5.74) is 4.17. The molecule has 1 N–H and O–H groups in total. The average Bonchev–Trinajstić information content (AvgIpc) is 2.49. The number of ketones is 1. The van der Waals surface area contributed by atoms with Crippen LogP contribution in [0.2, 0.25) is 0 Å². The van der Waals surface area contributed by atoms with E-state index in [-0.39, 0.29) is 5.78 Å². The van der Waals surface area contributed by atoms with Crippen molar-refractivity contribution in [2.75, 3.05) is 6.54 Å². The van der Waals surface area contributed by atoms with Gasteiger partial charge in [0.15, 0.2) is 5.78 Å². The minimum Gasteiger partial charge on any atom is -0.312 e. The van der Waals surface area contributed by atoms with Gasteiger partial charge in [-0.1, -0.05) is 12.1 Å². The molecule has 3 nitrogen and oxygen atoms in total. The predicted molar refractivity (Wildman–Crippen MR) is 81.8 cm³/mol. The van der Waals surface area contributed by atoms with Crippen LogP contribution in [0.15, 0.2) is 41.0 Å². The topological polar surface area (TPSA) is 42.0 Å². The molecular weight excluding hydrogens is 316 g/mol. The summed E-state index contributed by atoms with van der Waals surface area (Å²) < 4.78 is 0.925. The maximum absolute atomic E-state index is 12.3. The molecule has 0 bridgehead atoms. The van der Waals surface area contributed by atoms with Gasteiger partial charge in [0.2, 0.25) is 0 Å². The molecule has 0 saturated carbocycles. The Morgan fingerprint density at radius 1 is 1.25 bits per heavy atom. The Balaban J connectivity index is 1.78. The molecule has 2 heterocycles. The Morgan fingerprint density at radius 3 is 2.95 bits per heavy atom. The molecular formula is C16H15BrN2O. The van der Waals surface area contributed by atoms with Crippen LogP contribution < -0.4 is 5.32 Å². The Labute approximate surface area is 126 Å². The van der Waals surface area contributed by atoms with Crippen LogP contribution in [0, 0.1) is 0 Å². The molecule has 0 spiro atoms. The molecule has 3 rings (SSSR count). The molecule has 1 aliphatic rings. The van der Waals surface area contributed by atoms with Crippen molar-refractivity contribution in [2.45, 2.75) is 19.4 Å². The van der Waals surface area contributed by atoms with Crippen LogP contribution in [0.25, 0.3) is 0 Å². The number of carbonyl (C=O) groups is 1. The van der Waals surface area contributed by atoms with Gasteiger partial charge in [-0.25, -0.2) is 0 Å². The molecule has 1 aromatic carbocycles. The van der Waals surface area contributed by atoms with Gasteiger partial charge in [-0.3, -0.25) is 9.78 Å². The first-order valence-corrected chi connectivity index (χ1v) is 7.48. The van der Waals surface area contributed by atoms with E-state index in [1.54, 1.807) is 6.20 Å². The second kappa shape index (κ2) is 5.85. The first-order valence-electron chi connectivity index (χ1n) is 6.68. The number of benzene rings is 1. The number of pyridine rings is 1. The molecule has 2 aromatic rings. The van der Waals surface area contributed by atoms with Gasteiger partial charge in [-0.05, 0) is 58.2 Å². The fourth-order valence-corrected chi connectivity index (χ4v) is 2.67. The largest absolute Gasteiger partial charge is 0.312 e. The minimum atomic E-state index is 0.119. The lowest BCUT2D eigenvalue weighted by Crippen LogP contribution is -2.24. The molecule has 0 radical (unpaired) electrons. The quantitative estimate of drug-likeness (QED) is 0.880. The Hall–Kier alpha value is -1.52. The van der Waals surface area contributed by atoms with Crippen molar-refractivity contribution in [1.29, 1.82) is 0 Å². The molecule has 20 heavy (non-hydrogen) atoms. The molecule has 102 valence electrons. The number of Topliss-reactive ketones (excluding diaryl/α,β-unsaturated/α-hetero) is 1. The van der Waals surface area contributed by atoms with Gasteiger partial charge in [0.1, 0.15) is 0 Å². The zero-order valence-corrected chi connectivity index (χ0v) is 12.6. The number of nitrogens with one attached hydrogen (secondary N) is 1. The molecule has 0 amide bonds. The second-order valence-electron chi connectivity index (χ2n) is 4.98. The van der Waals surface area contributed by atoms with Crippen molar-refractivity contribution in [3.8, 4) is 0 Å². The van der Waals surface area contributed by atoms with Gasteiger partial charge in [0.05, 0.1) is 6.42 Å². The lowest BCUT2D eigenvalue weighted by molar-refractivity contribution is 0.0992. The van der Waals surface area contributed by atoms with Crippen LogP contribution in [0.5, 0.6) is 0 Å². The fourth-order valence-electron chi connectivity index (χ4n) is 2.43. The Kier molecular flexibility index (Phi) is 3.94. The van der Waals surface area contributed by atoms with Crippen LogP contribution in [0.1, 0.15) is 27.2 Å². The summed E-state index contributed by atoms with van der Waals surface area (Å²) in [7, 11) is 0. The van der Waals surface area contributed by atoms with Crippen molar-refractivity contribution < 1.29 is 4.79 Å². The van der Waals surface area contributed by atoms with E-state index in [1.165, 1.54) is 11.1 Å². The third-order valence-electron chi connectivity index (χ3n) is 3.55. The number of rotatable bonds is 3. The van der Waals surface area contributed by atoms with E-state index in [2.05, 4.69) is 32.3 Å². The summed E-state index contributed by atoms with van der Waals surface area (Å²) in [6.07, 6.45) is 3.11. The summed E-state index contributed by atoms with van der Waals surface area (Å²) in [6.45, 7) is 1.87. The number of aromatic nitrogens is 1. The molecule has 1 aromatic heterocycles. The standard InChI is InChI=1S/C16H15BrN2O/c17-14-3-4-15(19-10-14)8-16(20)12-2-1-11-5-6-18-9-13(11)7-12/h1-4,7,10,18H,5-6,8-9H2. The third-order valence-corrected chi connectivity index (χ3v) is 4.01. The first kappa shape index (κ1) is 13.5. The van der Waals surface area contributed by atoms with Crippen molar-refractivity contribution in [3.05, 3.63) is 63.4 Å². The summed E-state index contributed by atoms with van der Waals surface area (Å²) >= 11 is 3.34. The Bertz CT molecular complexity index is 637. The van der Waals surface area contributed by atoms with Crippen molar-refractivity contribution >= 4 is 21.7 Å². The highest BCUT2D eigenvalue weighted by molar-refractivity contribution is 9.10. The second-order valence-corrected chi connectivity index (χ2v) is 5.89. The molecule has 0 aliphatic carbocycles. The molecule has 0 saturated heterocycles. The van der Waals surface area contributed by atoms with Crippen LogP contribution in [0.3, 0.4) is 0 Å². The highest BCUT2D eigenvalue weighted by Crippen LogP contribution is 2.17. The van der Waals surface area contributed by atoms with Gasteiger partial charge < -0.3 is 5.32 Å². The number of hydrogen-bond donors (Lipinski definition) is 1. The summed E-state index contributed by atoms with van der Waals surface area (Å²) in [6, 6.07) is 9.82. The zero-order chi connectivity index (χ0) is 13.9. The highest BCUT2D eigenvalue weighted by atomic mass is 79.9. The van der Waals surface area contributed by atoms with Gasteiger partial charge in [-0.2, -0.15) is 0 Å². The summed E-state index contributed by atoms with van der Waals surface area (Å²) in [5.74, 6) is 0.119. The molecule has 0 unspecified atom stereocenters. The van der Waals surface area contributed by atoms with E-state index in [9.17, 15) is 4.79 Å². The predicted octanol–water partition coefficient (Wildman–Crippen LogP) is 2.92. The number of fused-ring (bicyclic) bond motifs is 1. The van der Waals surface area contributed by atoms with Gasteiger partial charge in [-0.15, -0.1) is 0 Å². The zero-order valence-electron chi connectivity index (χ0n) is 11.0. The molecule has 4 heteroatoms. The van der Waals surface area contributed by atoms with E-state index < -0.39 is 0 Å². The smallest absolute Gasteiger partial charge is 0.168 e. The molecule has 1 aliphatic heterocycles. The lowest BCUT2D eigenvalue weighted by atomic mass is 9.96. The summed E-state index contributed by atoms with van der Waals surface area (Å²) in [5, 5.41) is 3.33. The first-order chi connectivity index (χ1) is 9.72. The van der Waals surface area contributed by atoms with Crippen LogP contribution >= 0.6 is 15.9 Å². The average molecular weight is 331 g/mol. The maximum atomic E-state index is 12.3. The molecule has 0 fully saturated rings. The maximum Gasteiger partial charge on any atom is 0.168 e. The van der Waals surface area contributed by atoms with Crippen molar-refractivity contribution in [3.63, 3.8) is 0 Å². The van der Waals surface area contributed by atoms with Crippen molar-refractivity contribution in [2.24, 2.45) is 0 Å². The number of nitrogens with zero attached hydrogens (tertiary/aromatic N) is 1. The van der Waals surface area contributed by atoms with E-state index in [0.29, 0.717) is 6.42 Å². The van der Waals surface area contributed by atoms with Crippen molar-refractivity contribution in [1.82, 2.24) is 10.3 Å².